The van der Waals surface area contributed by atoms with Gasteiger partial charge in [-0.1, -0.05) is 24.3 Å². The van der Waals surface area contributed by atoms with Crippen molar-refractivity contribution in [3.05, 3.63) is 83.1 Å². The smallest absolute Gasteiger partial charge is 0.323 e. The number of nitrogens with zero attached hydrogens (tertiary/aromatic N) is 3. The molecule has 6 nitrogen and oxygen atoms in total. The van der Waals surface area contributed by atoms with Gasteiger partial charge in [-0.3, -0.25) is 4.90 Å². The monoisotopic (exact) mass is 451 g/mol. The van der Waals surface area contributed by atoms with Crippen LogP contribution >= 0.6 is 0 Å². The van der Waals surface area contributed by atoms with E-state index in [1.807, 2.05) is 49.1 Å². The zero-order valence-electron chi connectivity index (χ0n) is 18.7. The van der Waals surface area contributed by atoms with E-state index in [1.54, 1.807) is 6.20 Å². The lowest BCUT2D eigenvalue weighted by atomic mass is 10.1. The Balaban J connectivity index is 1.30. The van der Waals surface area contributed by atoms with Crippen LogP contribution in [-0.4, -0.2) is 42.1 Å². The zero-order valence-corrected chi connectivity index (χ0v) is 18.7. The number of aryl methyl sites for hydroxylation is 2. The molecular weight excluding hydrogens is 424 g/mol. The number of pyridine rings is 1. The number of anilines is 3. The molecule has 1 aliphatic heterocycles. The molecule has 0 unspecified atom stereocenters. The molecule has 4 rings (SSSR count). The molecule has 1 fully saturated rings. The van der Waals surface area contributed by atoms with Gasteiger partial charge in [0.1, 0.15) is 17.5 Å². The third-order valence-corrected chi connectivity index (χ3v) is 5.87. The second kappa shape index (κ2) is 9.95. The highest BCUT2D eigenvalue weighted by Crippen LogP contribution is 2.21. The summed E-state index contributed by atoms with van der Waals surface area (Å²) in [6, 6.07) is 13.2. The van der Waals surface area contributed by atoms with E-state index >= 15 is 0 Å². The molecule has 0 saturated carbocycles. The Morgan fingerprint density at radius 2 is 1.55 bits per heavy atom. The van der Waals surface area contributed by atoms with Crippen molar-refractivity contribution in [1.29, 1.82) is 0 Å². The van der Waals surface area contributed by atoms with Gasteiger partial charge in [-0.25, -0.2) is 18.6 Å². The summed E-state index contributed by atoms with van der Waals surface area (Å²) in [5.41, 5.74) is 3.49. The van der Waals surface area contributed by atoms with Crippen LogP contribution in [0.5, 0.6) is 0 Å². The van der Waals surface area contributed by atoms with Gasteiger partial charge in [0, 0.05) is 44.0 Å². The van der Waals surface area contributed by atoms with E-state index in [2.05, 4.69) is 20.5 Å². The quantitative estimate of drug-likeness (QED) is 0.577. The summed E-state index contributed by atoms with van der Waals surface area (Å²) in [4.78, 5) is 21.0. The molecule has 33 heavy (non-hydrogen) atoms. The SMILES string of the molecule is Cc1cccc(C)c1NC(=O)Nc1ccc(N2CCN(Cc3c(F)cccc3F)CC2)nc1. The van der Waals surface area contributed by atoms with Crippen molar-refractivity contribution in [1.82, 2.24) is 9.88 Å². The number of carbonyl (C=O) groups is 1. The van der Waals surface area contributed by atoms with Gasteiger partial charge in [0.05, 0.1) is 11.9 Å². The van der Waals surface area contributed by atoms with Crippen LogP contribution < -0.4 is 15.5 Å². The number of benzene rings is 2. The van der Waals surface area contributed by atoms with Crippen molar-refractivity contribution in [3.63, 3.8) is 0 Å². The number of hydrogen-bond donors (Lipinski definition) is 2. The van der Waals surface area contributed by atoms with Crippen molar-refractivity contribution < 1.29 is 13.6 Å². The maximum Gasteiger partial charge on any atom is 0.323 e. The maximum absolute atomic E-state index is 13.9. The minimum absolute atomic E-state index is 0.110. The summed E-state index contributed by atoms with van der Waals surface area (Å²) in [6.07, 6.45) is 1.63. The highest BCUT2D eigenvalue weighted by molar-refractivity contribution is 6.00. The second-order valence-electron chi connectivity index (χ2n) is 8.21. The number of amides is 2. The molecule has 2 aromatic carbocycles. The van der Waals surface area contributed by atoms with Crippen molar-refractivity contribution >= 4 is 23.2 Å². The van der Waals surface area contributed by atoms with Crippen LogP contribution in [0.4, 0.5) is 30.8 Å². The van der Waals surface area contributed by atoms with Crippen LogP contribution in [0.3, 0.4) is 0 Å². The molecule has 0 atom stereocenters. The van der Waals surface area contributed by atoms with E-state index in [4.69, 9.17) is 0 Å². The van der Waals surface area contributed by atoms with Crippen LogP contribution in [-0.2, 0) is 6.54 Å². The molecule has 2 heterocycles. The number of urea groups is 1. The van der Waals surface area contributed by atoms with Crippen LogP contribution in [0.25, 0.3) is 0 Å². The normalized spacial score (nSPS) is 14.2. The van der Waals surface area contributed by atoms with Crippen molar-refractivity contribution in [3.8, 4) is 0 Å². The largest absolute Gasteiger partial charge is 0.354 e. The molecule has 0 bridgehead atoms. The molecule has 0 radical (unpaired) electrons. The van der Waals surface area contributed by atoms with E-state index in [-0.39, 0.29) is 18.1 Å². The number of para-hydroxylation sites is 1. The number of piperazine rings is 1. The zero-order chi connectivity index (χ0) is 23.4. The molecular formula is C25H27F2N5O. The predicted octanol–water partition coefficient (Wildman–Crippen LogP) is 4.94. The predicted molar refractivity (Wildman–Crippen MR) is 127 cm³/mol. The topological polar surface area (TPSA) is 60.5 Å². The summed E-state index contributed by atoms with van der Waals surface area (Å²) in [5, 5.41) is 5.70. The van der Waals surface area contributed by atoms with E-state index in [0.29, 0.717) is 31.9 Å². The van der Waals surface area contributed by atoms with Gasteiger partial charge in [0.25, 0.3) is 0 Å². The average Bonchev–Trinajstić information content (AvgIpc) is 2.80. The highest BCUT2D eigenvalue weighted by Gasteiger charge is 2.20. The van der Waals surface area contributed by atoms with E-state index in [1.165, 1.54) is 18.2 Å². The molecule has 3 aromatic rings. The van der Waals surface area contributed by atoms with Crippen LogP contribution in [0, 0.1) is 25.5 Å². The number of halogens is 2. The molecule has 8 heteroatoms. The van der Waals surface area contributed by atoms with Crippen molar-refractivity contribution in [2.24, 2.45) is 0 Å². The second-order valence-corrected chi connectivity index (χ2v) is 8.21. The van der Waals surface area contributed by atoms with Gasteiger partial charge in [0.2, 0.25) is 0 Å². The lowest BCUT2D eigenvalue weighted by molar-refractivity contribution is 0.242. The first-order chi connectivity index (χ1) is 15.9. The molecule has 0 spiro atoms. The Bertz CT molecular complexity index is 1090. The standard InChI is InChI=1S/C25H27F2N5O/c1-17-5-3-6-18(2)24(17)30-25(33)29-19-9-10-23(28-15-19)32-13-11-31(12-14-32)16-20-21(26)7-4-8-22(20)27/h3-10,15H,11-14,16H2,1-2H3,(H2,29,30,33). The number of hydrogen-bond acceptors (Lipinski definition) is 4. The Morgan fingerprint density at radius 1 is 0.909 bits per heavy atom. The van der Waals surface area contributed by atoms with Gasteiger partial charge in [-0.15, -0.1) is 0 Å². The van der Waals surface area contributed by atoms with Crippen molar-refractivity contribution in [2.45, 2.75) is 20.4 Å². The number of nitrogens with one attached hydrogen (secondary N) is 2. The molecule has 1 aliphatic rings. The van der Waals surface area contributed by atoms with Crippen LogP contribution in [0.15, 0.2) is 54.7 Å². The van der Waals surface area contributed by atoms with E-state index < -0.39 is 11.6 Å². The first-order valence-electron chi connectivity index (χ1n) is 10.9. The van der Waals surface area contributed by atoms with E-state index in [9.17, 15) is 13.6 Å². The van der Waals surface area contributed by atoms with Crippen LogP contribution in [0.1, 0.15) is 16.7 Å². The minimum Gasteiger partial charge on any atom is -0.354 e. The minimum atomic E-state index is -0.510. The first kappa shape index (κ1) is 22.7. The molecule has 172 valence electrons. The third kappa shape index (κ3) is 5.46. The third-order valence-electron chi connectivity index (χ3n) is 5.87. The molecule has 1 saturated heterocycles. The Labute approximate surface area is 192 Å². The summed E-state index contributed by atoms with van der Waals surface area (Å²) in [7, 11) is 0. The fraction of sp³-hybridized carbons (Fsp3) is 0.280. The summed E-state index contributed by atoms with van der Waals surface area (Å²) >= 11 is 0. The van der Waals surface area contributed by atoms with Gasteiger partial charge >= 0.3 is 6.03 Å². The summed E-state index contributed by atoms with van der Waals surface area (Å²) in [5.74, 6) is -0.222. The fourth-order valence-corrected chi connectivity index (χ4v) is 3.98. The number of aromatic nitrogens is 1. The first-order valence-corrected chi connectivity index (χ1v) is 10.9. The molecule has 0 aliphatic carbocycles. The van der Waals surface area contributed by atoms with Gasteiger partial charge < -0.3 is 15.5 Å². The maximum atomic E-state index is 13.9. The van der Waals surface area contributed by atoms with Gasteiger partial charge in [-0.2, -0.15) is 0 Å². The molecule has 1 aromatic heterocycles. The summed E-state index contributed by atoms with van der Waals surface area (Å²) < 4.78 is 27.8. The Morgan fingerprint density at radius 3 is 2.15 bits per heavy atom. The van der Waals surface area contributed by atoms with Crippen LogP contribution in [0.2, 0.25) is 0 Å². The average molecular weight is 452 g/mol. The summed E-state index contributed by atoms with van der Waals surface area (Å²) in [6.45, 7) is 6.89. The van der Waals surface area contributed by atoms with Gasteiger partial charge in [0.15, 0.2) is 0 Å². The highest BCUT2D eigenvalue weighted by atomic mass is 19.1. The van der Waals surface area contributed by atoms with Gasteiger partial charge in [-0.05, 0) is 49.2 Å². The lowest BCUT2D eigenvalue weighted by Crippen LogP contribution is -2.46. The van der Waals surface area contributed by atoms with Crippen molar-refractivity contribution in [2.75, 3.05) is 41.7 Å². The fourth-order valence-electron chi connectivity index (χ4n) is 3.98. The Kier molecular flexibility index (Phi) is 6.84. The lowest BCUT2D eigenvalue weighted by Gasteiger charge is -2.35. The Hall–Kier alpha value is -3.52. The molecule has 2 N–H and O–H groups in total. The molecule has 2 amide bonds. The van der Waals surface area contributed by atoms with E-state index in [0.717, 1.165) is 22.6 Å². The number of carbonyl (C=O) groups excluding carboxylic acids is 1. The number of rotatable bonds is 5.